The lowest BCUT2D eigenvalue weighted by molar-refractivity contribution is -0.145. The molecule has 4 rings (SSSR count). The SMILES string of the molecule is CCOC(=O)C(C(NNS(=O)(=O)c1ccc(C)cc1)C(=O)OCC)=P(c1ccccc1)(c1ccccc1)c1ccccc1. The molecular formula is C33H35N2O6PS. The average Bonchev–Trinajstić information content (AvgIpc) is 3.02. The number of sulfonamides is 1. The Bertz CT molecular complexity index is 1590. The molecule has 1 atom stereocenters. The summed E-state index contributed by atoms with van der Waals surface area (Å²) >= 11 is 0. The Hall–Kier alpha value is -4.01. The van der Waals surface area contributed by atoms with Crippen molar-refractivity contribution in [3.8, 4) is 0 Å². The largest absolute Gasteiger partial charge is 0.465 e. The lowest BCUT2D eigenvalue weighted by atomic mass is 10.2. The van der Waals surface area contributed by atoms with E-state index in [0.717, 1.165) is 21.5 Å². The summed E-state index contributed by atoms with van der Waals surface area (Å²) in [5.41, 5.74) is 3.58. The second kappa shape index (κ2) is 14.4. The van der Waals surface area contributed by atoms with Gasteiger partial charge in [-0.1, -0.05) is 109 Å². The second-order valence-corrected chi connectivity index (χ2v) is 14.6. The zero-order chi connectivity index (χ0) is 30.9. The third-order valence-electron chi connectivity index (χ3n) is 6.74. The molecule has 0 bridgehead atoms. The Morgan fingerprint density at radius 3 is 1.56 bits per heavy atom. The number of rotatable bonds is 12. The van der Waals surface area contributed by atoms with Gasteiger partial charge in [0.2, 0.25) is 0 Å². The molecule has 4 aromatic rings. The number of carbonyl (C=O) groups is 2. The maximum Gasteiger partial charge on any atom is 0.337 e. The summed E-state index contributed by atoms with van der Waals surface area (Å²) in [7, 11) is -4.15. The molecule has 4 aromatic carbocycles. The molecule has 0 saturated carbocycles. The fourth-order valence-electron chi connectivity index (χ4n) is 4.85. The highest BCUT2D eigenvalue weighted by Crippen LogP contribution is 2.47. The Labute approximate surface area is 253 Å². The van der Waals surface area contributed by atoms with Crippen molar-refractivity contribution in [1.29, 1.82) is 0 Å². The van der Waals surface area contributed by atoms with E-state index in [-0.39, 0.29) is 23.4 Å². The standard InChI is InChI=1S/C33H35N2O6PS/c1-4-40-32(36)30(34-35-43(38,39)29-23-21-25(3)22-24-29)31(33(37)41-5-2)42(26-15-9-6-10-16-26,27-17-11-7-12-18-27)28-19-13-8-14-20-28/h6-24,30,34-35H,4-5H2,1-3H3. The quantitative estimate of drug-likeness (QED) is 0.142. The first-order valence-corrected chi connectivity index (χ1v) is 17.1. The van der Waals surface area contributed by atoms with Gasteiger partial charge in [-0.3, -0.25) is 0 Å². The minimum absolute atomic E-state index is 0.00524. The van der Waals surface area contributed by atoms with Crippen LogP contribution >= 0.6 is 6.89 Å². The summed E-state index contributed by atoms with van der Waals surface area (Å²) < 4.78 is 37.8. The Morgan fingerprint density at radius 2 is 1.14 bits per heavy atom. The summed E-state index contributed by atoms with van der Waals surface area (Å²) in [5, 5.41) is 2.36. The first-order chi connectivity index (χ1) is 20.8. The van der Waals surface area contributed by atoms with Gasteiger partial charge in [0.05, 0.1) is 23.4 Å². The van der Waals surface area contributed by atoms with Gasteiger partial charge in [-0.15, -0.1) is 4.83 Å². The number of ether oxygens (including phenoxy) is 2. The van der Waals surface area contributed by atoms with Crippen LogP contribution in [0, 0.1) is 6.92 Å². The van der Waals surface area contributed by atoms with Crippen LogP contribution in [-0.4, -0.2) is 44.9 Å². The van der Waals surface area contributed by atoms with E-state index in [1.54, 1.807) is 26.0 Å². The lowest BCUT2D eigenvalue weighted by Crippen LogP contribution is -2.56. The van der Waals surface area contributed by atoms with Gasteiger partial charge in [-0.25, -0.2) is 23.4 Å². The molecule has 0 amide bonds. The molecule has 8 nitrogen and oxygen atoms in total. The number of aryl methyl sites for hydroxylation is 1. The highest BCUT2D eigenvalue weighted by Gasteiger charge is 2.42. The van der Waals surface area contributed by atoms with E-state index >= 15 is 0 Å². The number of nitrogens with one attached hydrogen (secondary N) is 2. The maximum absolute atomic E-state index is 14.2. The van der Waals surface area contributed by atoms with E-state index in [1.807, 2.05) is 97.9 Å². The van der Waals surface area contributed by atoms with Crippen LogP contribution in [0.15, 0.2) is 120 Å². The molecule has 0 radical (unpaired) electrons. The molecular weight excluding hydrogens is 583 g/mol. The Balaban J connectivity index is 2.11. The third-order valence-corrected chi connectivity index (χ3v) is 12.4. The molecule has 0 aromatic heterocycles. The van der Waals surface area contributed by atoms with Crippen LogP contribution in [-0.2, 0) is 29.1 Å². The van der Waals surface area contributed by atoms with Crippen LogP contribution in [0.5, 0.6) is 0 Å². The number of hydrogen-bond acceptors (Lipinski definition) is 7. The van der Waals surface area contributed by atoms with E-state index in [0.29, 0.717) is 0 Å². The molecule has 0 saturated heterocycles. The minimum Gasteiger partial charge on any atom is -0.465 e. The summed E-state index contributed by atoms with van der Waals surface area (Å²) in [4.78, 5) is 30.4. The van der Waals surface area contributed by atoms with Crippen molar-refractivity contribution in [2.75, 3.05) is 13.2 Å². The summed E-state index contributed by atoms with van der Waals surface area (Å²) in [6, 6.07) is 33.0. The number of hydrogen-bond donors (Lipinski definition) is 2. The monoisotopic (exact) mass is 618 g/mol. The average molecular weight is 619 g/mol. The van der Waals surface area contributed by atoms with Gasteiger partial charge in [-0.05, 0) is 55.7 Å². The predicted octanol–water partition coefficient (Wildman–Crippen LogP) is 3.44. The molecule has 43 heavy (non-hydrogen) atoms. The summed E-state index contributed by atoms with van der Waals surface area (Å²) in [6.45, 7) is 2.00. The van der Waals surface area contributed by atoms with Gasteiger partial charge >= 0.3 is 11.9 Å². The van der Waals surface area contributed by atoms with Crippen molar-refractivity contribution in [1.82, 2.24) is 10.3 Å². The predicted molar refractivity (Wildman–Crippen MR) is 172 cm³/mol. The van der Waals surface area contributed by atoms with E-state index < -0.39 is 34.9 Å². The number of esters is 2. The van der Waals surface area contributed by atoms with Gasteiger partial charge in [0.15, 0.2) is 6.04 Å². The zero-order valence-electron chi connectivity index (χ0n) is 24.3. The van der Waals surface area contributed by atoms with Crippen molar-refractivity contribution in [2.45, 2.75) is 31.7 Å². The Kier molecular flexibility index (Phi) is 10.7. The van der Waals surface area contributed by atoms with Crippen LogP contribution in [0.2, 0.25) is 0 Å². The van der Waals surface area contributed by atoms with E-state index in [1.165, 1.54) is 12.1 Å². The first-order valence-electron chi connectivity index (χ1n) is 13.9. The van der Waals surface area contributed by atoms with Gasteiger partial charge in [0.25, 0.3) is 10.0 Å². The van der Waals surface area contributed by atoms with Crippen LogP contribution in [0.1, 0.15) is 19.4 Å². The van der Waals surface area contributed by atoms with Crippen LogP contribution in [0.25, 0.3) is 0 Å². The molecule has 0 fully saturated rings. The van der Waals surface area contributed by atoms with E-state index in [2.05, 4.69) is 10.3 Å². The van der Waals surface area contributed by atoms with Gasteiger partial charge in [-0.2, -0.15) is 0 Å². The molecule has 0 aliphatic rings. The molecule has 0 aliphatic carbocycles. The highest BCUT2D eigenvalue weighted by molar-refractivity contribution is 7.96. The molecule has 0 aliphatic heterocycles. The van der Waals surface area contributed by atoms with Crippen LogP contribution in [0.3, 0.4) is 0 Å². The number of hydrazine groups is 1. The van der Waals surface area contributed by atoms with Crippen molar-refractivity contribution in [3.63, 3.8) is 0 Å². The summed E-state index contributed by atoms with van der Waals surface area (Å²) in [5.74, 6) is -1.57. The van der Waals surface area contributed by atoms with E-state index in [4.69, 9.17) is 9.47 Å². The number of benzene rings is 4. The smallest absolute Gasteiger partial charge is 0.337 e. The molecule has 0 spiro atoms. The fourth-order valence-corrected chi connectivity index (χ4v) is 10.2. The molecule has 1 unspecified atom stereocenters. The van der Waals surface area contributed by atoms with Crippen molar-refractivity contribution >= 4 is 50.1 Å². The molecule has 10 heteroatoms. The highest BCUT2D eigenvalue weighted by atomic mass is 32.2. The van der Waals surface area contributed by atoms with Crippen molar-refractivity contribution < 1.29 is 27.5 Å². The van der Waals surface area contributed by atoms with Gasteiger partial charge < -0.3 is 9.47 Å². The molecule has 224 valence electrons. The fraction of sp³-hybridized carbons (Fsp3) is 0.182. The molecule has 2 N–H and O–H groups in total. The topological polar surface area (TPSA) is 111 Å². The Morgan fingerprint density at radius 1 is 0.698 bits per heavy atom. The van der Waals surface area contributed by atoms with Gasteiger partial charge in [0, 0.05) is 0 Å². The molecule has 0 heterocycles. The maximum atomic E-state index is 14.2. The minimum atomic E-state index is -4.15. The van der Waals surface area contributed by atoms with Crippen LogP contribution in [0.4, 0.5) is 0 Å². The van der Waals surface area contributed by atoms with Crippen LogP contribution < -0.4 is 26.2 Å². The van der Waals surface area contributed by atoms with Gasteiger partial charge in [0.1, 0.15) is 0 Å². The van der Waals surface area contributed by atoms with E-state index in [9.17, 15) is 18.0 Å². The second-order valence-electron chi connectivity index (χ2n) is 9.53. The normalized spacial score (nSPS) is 12.3. The lowest BCUT2D eigenvalue weighted by Gasteiger charge is -2.34. The zero-order valence-corrected chi connectivity index (χ0v) is 26.0. The third kappa shape index (κ3) is 6.98. The first kappa shape index (κ1) is 31.9. The van der Waals surface area contributed by atoms with Crippen molar-refractivity contribution in [2.24, 2.45) is 0 Å². The number of carbonyl (C=O) groups excluding carboxylic acids is 2. The van der Waals surface area contributed by atoms with Crippen molar-refractivity contribution in [3.05, 3.63) is 121 Å². The summed E-state index contributed by atoms with van der Waals surface area (Å²) in [6.07, 6.45) is 0.